The predicted molar refractivity (Wildman–Crippen MR) is 112 cm³/mol. The summed E-state index contributed by atoms with van der Waals surface area (Å²) in [6.45, 7) is 2.73. The minimum atomic E-state index is -0.450. The highest BCUT2D eigenvalue weighted by atomic mass is 32.1. The number of carbonyl (C=O) groups is 1. The van der Waals surface area contributed by atoms with E-state index in [1.165, 1.54) is 23.5 Å². The molecule has 9 heteroatoms. The van der Waals surface area contributed by atoms with E-state index >= 15 is 0 Å². The molecular formula is C20H17N5O3S. The second-order valence-electron chi connectivity index (χ2n) is 6.48. The summed E-state index contributed by atoms with van der Waals surface area (Å²) in [5, 5.41) is 20.0. The maximum absolute atomic E-state index is 12.9. The SMILES string of the molecule is CCCCN1C(=O)/C(=N/c2nnc(-c3ccc([N+](=O)[O-])cc3)s2)c2ccccc21. The molecule has 0 atom stereocenters. The van der Waals surface area contributed by atoms with Gasteiger partial charge in [0.25, 0.3) is 11.6 Å². The van der Waals surface area contributed by atoms with Crippen molar-refractivity contribution in [2.24, 2.45) is 4.99 Å². The van der Waals surface area contributed by atoms with Crippen LogP contribution in [0.5, 0.6) is 0 Å². The fourth-order valence-corrected chi connectivity index (χ4v) is 3.83. The van der Waals surface area contributed by atoms with Crippen LogP contribution in [0.25, 0.3) is 10.6 Å². The molecule has 0 spiro atoms. The Bertz CT molecular complexity index is 1110. The Morgan fingerprint density at radius 1 is 1.14 bits per heavy atom. The summed E-state index contributed by atoms with van der Waals surface area (Å²) in [6, 6.07) is 13.7. The van der Waals surface area contributed by atoms with Gasteiger partial charge in [0.2, 0.25) is 5.13 Å². The van der Waals surface area contributed by atoms with Crippen LogP contribution in [0, 0.1) is 10.1 Å². The molecule has 4 rings (SSSR count). The van der Waals surface area contributed by atoms with Crippen LogP contribution >= 0.6 is 11.3 Å². The Balaban J connectivity index is 1.65. The van der Waals surface area contributed by atoms with Crippen molar-refractivity contribution in [1.29, 1.82) is 0 Å². The quantitative estimate of drug-likeness (QED) is 0.446. The minimum Gasteiger partial charge on any atom is -0.306 e. The minimum absolute atomic E-state index is 0.0130. The molecule has 1 amide bonds. The molecular weight excluding hydrogens is 390 g/mol. The van der Waals surface area contributed by atoms with Crippen LogP contribution in [0.4, 0.5) is 16.5 Å². The van der Waals surface area contributed by atoms with E-state index in [4.69, 9.17) is 0 Å². The Labute approximate surface area is 170 Å². The van der Waals surface area contributed by atoms with Crippen molar-refractivity contribution in [3.05, 3.63) is 64.2 Å². The fraction of sp³-hybridized carbons (Fsp3) is 0.200. The summed E-state index contributed by atoms with van der Waals surface area (Å²) >= 11 is 1.23. The molecule has 0 radical (unpaired) electrons. The van der Waals surface area contributed by atoms with E-state index in [-0.39, 0.29) is 11.6 Å². The van der Waals surface area contributed by atoms with E-state index < -0.39 is 4.92 Å². The molecule has 3 aromatic rings. The molecule has 29 heavy (non-hydrogen) atoms. The van der Waals surface area contributed by atoms with Crippen LogP contribution in [0.2, 0.25) is 0 Å². The highest BCUT2D eigenvalue weighted by Gasteiger charge is 2.33. The van der Waals surface area contributed by atoms with Crippen molar-refractivity contribution < 1.29 is 9.72 Å². The number of amides is 1. The van der Waals surface area contributed by atoms with Gasteiger partial charge in [0.05, 0.1) is 10.6 Å². The number of rotatable bonds is 6. The summed E-state index contributed by atoms with van der Waals surface area (Å²) in [5.74, 6) is -0.133. The van der Waals surface area contributed by atoms with Crippen LogP contribution in [0.1, 0.15) is 25.3 Å². The summed E-state index contributed by atoms with van der Waals surface area (Å²) in [6.07, 6.45) is 1.91. The largest absolute Gasteiger partial charge is 0.306 e. The van der Waals surface area contributed by atoms with Gasteiger partial charge in [-0.25, -0.2) is 4.99 Å². The van der Waals surface area contributed by atoms with E-state index in [1.54, 1.807) is 17.0 Å². The zero-order chi connectivity index (χ0) is 20.4. The molecule has 1 aromatic heterocycles. The van der Waals surface area contributed by atoms with Gasteiger partial charge in [0.15, 0.2) is 0 Å². The summed E-state index contributed by atoms with van der Waals surface area (Å²) in [4.78, 5) is 29.5. The Hall–Kier alpha value is -3.46. The number of hydrogen-bond acceptors (Lipinski definition) is 7. The van der Waals surface area contributed by atoms with Crippen molar-refractivity contribution in [3.63, 3.8) is 0 Å². The normalized spacial score (nSPS) is 14.4. The fourth-order valence-electron chi connectivity index (χ4n) is 3.11. The molecule has 1 aliphatic rings. The average Bonchev–Trinajstić information content (AvgIpc) is 3.30. The molecule has 146 valence electrons. The van der Waals surface area contributed by atoms with Gasteiger partial charge in [0, 0.05) is 29.8 Å². The third kappa shape index (κ3) is 3.64. The van der Waals surface area contributed by atoms with E-state index in [1.807, 2.05) is 24.3 Å². The molecule has 0 aliphatic carbocycles. The topological polar surface area (TPSA) is 102 Å². The van der Waals surface area contributed by atoms with Gasteiger partial charge in [-0.2, -0.15) is 0 Å². The van der Waals surface area contributed by atoms with Gasteiger partial charge in [0.1, 0.15) is 10.7 Å². The van der Waals surface area contributed by atoms with Gasteiger partial charge in [-0.3, -0.25) is 14.9 Å². The molecule has 0 N–H and O–H groups in total. The van der Waals surface area contributed by atoms with Gasteiger partial charge >= 0.3 is 0 Å². The number of fused-ring (bicyclic) bond motifs is 1. The van der Waals surface area contributed by atoms with Crippen molar-refractivity contribution in [1.82, 2.24) is 10.2 Å². The first kappa shape index (κ1) is 18.9. The lowest BCUT2D eigenvalue weighted by Gasteiger charge is -2.15. The van der Waals surface area contributed by atoms with Crippen LogP contribution in [0.3, 0.4) is 0 Å². The van der Waals surface area contributed by atoms with Gasteiger partial charge in [-0.1, -0.05) is 42.9 Å². The highest BCUT2D eigenvalue weighted by Crippen LogP contribution is 2.33. The molecule has 0 saturated heterocycles. The number of para-hydroxylation sites is 1. The number of non-ortho nitro benzene ring substituents is 1. The van der Waals surface area contributed by atoms with Crippen molar-refractivity contribution in [3.8, 4) is 10.6 Å². The maximum Gasteiger partial charge on any atom is 0.277 e. The molecule has 1 aliphatic heterocycles. The molecule has 0 fully saturated rings. The number of nitro groups is 1. The first-order valence-corrected chi connectivity index (χ1v) is 9.98. The molecule has 2 heterocycles. The second-order valence-corrected chi connectivity index (χ2v) is 7.44. The standard InChI is InChI=1S/C20H17N5O3S/c1-2-3-12-24-16-7-5-4-6-15(16)17(19(24)26)21-20-23-22-18(29-20)13-8-10-14(11-9-13)25(27)28/h4-11H,2-3,12H2,1H3/b21-17+. The smallest absolute Gasteiger partial charge is 0.277 e. The maximum atomic E-state index is 12.9. The third-order valence-electron chi connectivity index (χ3n) is 4.58. The molecule has 2 aromatic carbocycles. The lowest BCUT2D eigenvalue weighted by molar-refractivity contribution is -0.384. The predicted octanol–water partition coefficient (Wildman–Crippen LogP) is 4.38. The summed E-state index contributed by atoms with van der Waals surface area (Å²) in [5.41, 5.74) is 2.75. The zero-order valence-electron chi connectivity index (χ0n) is 15.6. The van der Waals surface area contributed by atoms with E-state index in [9.17, 15) is 14.9 Å². The average molecular weight is 407 g/mol. The van der Waals surface area contributed by atoms with E-state index in [0.29, 0.717) is 28.0 Å². The summed E-state index contributed by atoms with van der Waals surface area (Å²) < 4.78 is 0. The van der Waals surface area contributed by atoms with Gasteiger partial charge in [-0.05, 0) is 24.6 Å². The number of aliphatic imine (C=N–C) groups is 1. The lowest BCUT2D eigenvalue weighted by atomic mass is 10.1. The summed E-state index contributed by atoms with van der Waals surface area (Å²) in [7, 11) is 0. The number of nitro benzene ring substituents is 1. The number of carbonyl (C=O) groups excluding carboxylic acids is 1. The number of benzene rings is 2. The highest BCUT2D eigenvalue weighted by molar-refractivity contribution is 7.18. The Kier molecular flexibility index (Phi) is 5.13. The Morgan fingerprint density at radius 3 is 2.62 bits per heavy atom. The monoisotopic (exact) mass is 407 g/mol. The number of aromatic nitrogens is 2. The molecule has 8 nitrogen and oxygen atoms in total. The van der Waals surface area contributed by atoms with Gasteiger partial charge in [-0.15, -0.1) is 10.2 Å². The first-order valence-electron chi connectivity index (χ1n) is 9.16. The first-order chi connectivity index (χ1) is 14.1. The van der Waals surface area contributed by atoms with Crippen molar-refractivity contribution >= 4 is 39.5 Å². The second kappa shape index (κ2) is 7.88. The van der Waals surface area contributed by atoms with Crippen LogP contribution in [-0.4, -0.2) is 33.3 Å². The van der Waals surface area contributed by atoms with Crippen LogP contribution in [-0.2, 0) is 4.79 Å². The van der Waals surface area contributed by atoms with Crippen LogP contribution in [0.15, 0.2) is 53.5 Å². The lowest BCUT2D eigenvalue weighted by Crippen LogP contribution is -2.30. The molecule has 0 bridgehead atoms. The number of unbranched alkanes of at least 4 members (excludes halogenated alkanes) is 1. The number of hydrogen-bond donors (Lipinski definition) is 0. The van der Waals surface area contributed by atoms with Crippen molar-refractivity contribution in [2.45, 2.75) is 19.8 Å². The van der Waals surface area contributed by atoms with E-state index in [2.05, 4.69) is 22.1 Å². The number of nitrogens with zero attached hydrogens (tertiary/aromatic N) is 5. The van der Waals surface area contributed by atoms with Gasteiger partial charge < -0.3 is 4.90 Å². The molecule has 0 unspecified atom stereocenters. The molecule has 0 saturated carbocycles. The third-order valence-corrected chi connectivity index (χ3v) is 5.45. The number of anilines is 1. The zero-order valence-corrected chi connectivity index (χ0v) is 16.4. The van der Waals surface area contributed by atoms with Crippen molar-refractivity contribution in [2.75, 3.05) is 11.4 Å². The Morgan fingerprint density at radius 2 is 1.90 bits per heavy atom. The van der Waals surface area contributed by atoms with E-state index in [0.717, 1.165) is 24.1 Å². The van der Waals surface area contributed by atoms with Crippen LogP contribution < -0.4 is 4.90 Å².